The molecule has 0 bridgehead atoms. The van der Waals surface area contributed by atoms with E-state index in [1.165, 1.54) is 32.5 Å². The van der Waals surface area contributed by atoms with Crippen molar-refractivity contribution < 1.29 is 0 Å². The van der Waals surface area contributed by atoms with Crippen LogP contribution in [0.4, 0.5) is 5.95 Å². The van der Waals surface area contributed by atoms with E-state index < -0.39 is 0 Å². The Kier molecular flexibility index (Phi) is 3.20. The van der Waals surface area contributed by atoms with Crippen LogP contribution in [0.3, 0.4) is 0 Å². The van der Waals surface area contributed by atoms with Crippen molar-refractivity contribution in [2.75, 3.05) is 5.73 Å². The number of aromatic nitrogens is 2. The van der Waals surface area contributed by atoms with Gasteiger partial charge in [-0.15, -0.1) is 0 Å². The SMILES string of the molecule is CC(C)(C)c1ccc2c(c1)c1ccc3ccccc3c1c1cnc(N)nc21. The molecule has 2 N–H and O–H groups in total. The number of benzene rings is 4. The largest absolute Gasteiger partial charge is 0.368 e. The van der Waals surface area contributed by atoms with Gasteiger partial charge in [-0.3, -0.25) is 0 Å². The Morgan fingerprint density at radius 3 is 2.37 bits per heavy atom. The van der Waals surface area contributed by atoms with Gasteiger partial charge < -0.3 is 5.73 Å². The minimum Gasteiger partial charge on any atom is -0.368 e. The fraction of sp³-hybridized carbons (Fsp3) is 0.167. The summed E-state index contributed by atoms with van der Waals surface area (Å²) in [5.41, 5.74) is 8.26. The smallest absolute Gasteiger partial charge is 0.220 e. The predicted octanol–water partition coefficient (Wildman–Crippen LogP) is 5.97. The average Bonchev–Trinajstić information content (AvgIpc) is 2.66. The third kappa shape index (κ3) is 2.35. The van der Waals surface area contributed by atoms with Gasteiger partial charge in [0.25, 0.3) is 0 Å². The first-order valence-electron chi connectivity index (χ1n) is 9.23. The lowest BCUT2D eigenvalue weighted by Gasteiger charge is -2.20. The Labute approximate surface area is 157 Å². The zero-order valence-electron chi connectivity index (χ0n) is 15.7. The van der Waals surface area contributed by atoms with Gasteiger partial charge in [-0.1, -0.05) is 69.3 Å². The van der Waals surface area contributed by atoms with Crippen molar-refractivity contribution in [2.45, 2.75) is 26.2 Å². The van der Waals surface area contributed by atoms with Gasteiger partial charge in [-0.05, 0) is 38.6 Å². The van der Waals surface area contributed by atoms with Crippen molar-refractivity contribution >= 4 is 49.2 Å². The van der Waals surface area contributed by atoms with E-state index in [-0.39, 0.29) is 5.41 Å². The molecule has 4 aromatic carbocycles. The van der Waals surface area contributed by atoms with Gasteiger partial charge in [0, 0.05) is 22.4 Å². The standard InChI is InChI=1S/C24H21N3/c1-24(2,3)15-9-11-18-19(12-15)17-10-8-14-6-4-5-7-16(14)21(17)20-13-26-23(25)27-22(18)20/h4-13H,1-3H3,(H2,25,26,27). The maximum Gasteiger partial charge on any atom is 0.220 e. The molecule has 5 aromatic rings. The predicted molar refractivity (Wildman–Crippen MR) is 115 cm³/mol. The van der Waals surface area contributed by atoms with Crippen molar-refractivity contribution in [3.05, 3.63) is 66.4 Å². The van der Waals surface area contributed by atoms with Crippen LogP contribution in [0.1, 0.15) is 26.3 Å². The fourth-order valence-electron chi connectivity index (χ4n) is 4.01. The van der Waals surface area contributed by atoms with E-state index in [0.29, 0.717) is 5.95 Å². The van der Waals surface area contributed by atoms with Crippen LogP contribution < -0.4 is 5.73 Å². The Morgan fingerprint density at radius 1 is 0.778 bits per heavy atom. The lowest BCUT2D eigenvalue weighted by molar-refractivity contribution is 0.591. The molecular weight excluding hydrogens is 330 g/mol. The van der Waals surface area contributed by atoms with Crippen molar-refractivity contribution in [1.29, 1.82) is 0 Å². The lowest BCUT2D eigenvalue weighted by atomic mass is 9.84. The Hall–Kier alpha value is -3.20. The molecule has 0 amide bonds. The number of anilines is 1. The highest BCUT2D eigenvalue weighted by Gasteiger charge is 2.17. The van der Waals surface area contributed by atoms with Gasteiger partial charge >= 0.3 is 0 Å². The summed E-state index contributed by atoms with van der Waals surface area (Å²) in [6.07, 6.45) is 1.86. The fourth-order valence-corrected chi connectivity index (χ4v) is 4.01. The zero-order valence-corrected chi connectivity index (χ0v) is 15.7. The molecular formula is C24H21N3. The molecule has 0 atom stereocenters. The zero-order chi connectivity index (χ0) is 18.8. The van der Waals surface area contributed by atoms with E-state index in [1.807, 2.05) is 6.20 Å². The van der Waals surface area contributed by atoms with Crippen molar-refractivity contribution in [3.8, 4) is 0 Å². The van der Waals surface area contributed by atoms with Gasteiger partial charge in [-0.25, -0.2) is 9.97 Å². The van der Waals surface area contributed by atoms with E-state index >= 15 is 0 Å². The average molecular weight is 351 g/mol. The number of hydrogen-bond acceptors (Lipinski definition) is 3. The van der Waals surface area contributed by atoms with Crippen LogP contribution in [0.25, 0.3) is 43.2 Å². The minimum absolute atomic E-state index is 0.0804. The van der Waals surface area contributed by atoms with Gasteiger partial charge in [0.05, 0.1) is 5.52 Å². The molecule has 0 saturated heterocycles. The summed E-state index contributed by atoms with van der Waals surface area (Å²) >= 11 is 0. The summed E-state index contributed by atoms with van der Waals surface area (Å²) in [6, 6.07) is 19.6. The highest BCUT2D eigenvalue weighted by molar-refractivity contribution is 6.30. The summed E-state index contributed by atoms with van der Waals surface area (Å²) in [5, 5.41) is 8.25. The number of nitrogens with two attached hydrogens (primary N) is 1. The Morgan fingerprint density at radius 2 is 1.56 bits per heavy atom. The first-order valence-corrected chi connectivity index (χ1v) is 9.23. The van der Waals surface area contributed by atoms with Crippen LogP contribution in [-0.4, -0.2) is 9.97 Å². The van der Waals surface area contributed by atoms with Crippen LogP contribution in [0.15, 0.2) is 60.8 Å². The van der Waals surface area contributed by atoms with Crippen LogP contribution in [0, 0.1) is 0 Å². The normalized spacial score (nSPS) is 12.4. The molecule has 5 rings (SSSR count). The molecule has 0 fully saturated rings. The molecule has 132 valence electrons. The highest BCUT2D eigenvalue weighted by Crippen LogP contribution is 2.39. The number of rotatable bonds is 0. The summed E-state index contributed by atoms with van der Waals surface area (Å²) < 4.78 is 0. The second-order valence-corrected chi connectivity index (χ2v) is 8.21. The van der Waals surface area contributed by atoms with Crippen molar-refractivity contribution in [2.24, 2.45) is 0 Å². The first-order chi connectivity index (χ1) is 12.9. The molecule has 1 aromatic heterocycles. The molecule has 0 unspecified atom stereocenters. The molecule has 3 nitrogen and oxygen atoms in total. The number of hydrogen-bond donors (Lipinski definition) is 1. The number of nitrogens with zero attached hydrogens (tertiary/aromatic N) is 2. The molecule has 0 aliphatic heterocycles. The summed E-state index contributed by atoms with van der Waals surface area (Å²) in [4.78, 5) is 8.91. The van der Waals surface area contributed by atoms with Crippen LogP contribution in [0.5, 0.6) is 0 Å². The van der Waals surface area contributed by atoms with Gasteiger partial charge in [-0.2, -0.15) is 0 Å². The maximum absolute atomic E-state index is 5.95. The highest BCUT2D eigenvalue weighted by atomic mass is 15.0. The Balaban J connectivity index is 2.11. The quantitative estimate of drug-likeness (QED) is 0.350. The van der Waals surface area contributed by atoms with Gasteiger partial charge in [0.1, 0.15) is 0 Å². The molecule has 0 aliphatic carbocycles. The minimum atomic E-state index is 0.0804. The maximum atomic E-state index is 5.95. The molecule has 3 heteroatoms. The summed E-state index contributed by atoms with van der Waals surface area (Å²) in [6.45, 7) is 6.73. The van der Waals surface area contributed by atoms with E-state index in [9.17, 15) is 0 Å². The van der Waals surface area contributed by atoms with Crippen LogP contribution in [-0.2, 0) is 5.41 Å². The summed E-state index contributed by atoms with van der Waals surface area (Å²) in [7, 11) is 0. The number of fused-ring (bicyclic) bond motifs is 8. The van der Waals surface area contributed by atoms with Gasteiger partial charge in [0.2, 0.25) is 5.95 Å². The van der Waals surface area contributed by atoms with Crippen LogP contribution >= 0.6 is 0 Å². The molecule has 0 saturated carbocycles. The third-order valence-electron chi connectivity index (χ3n) is 5.44. The monoisotopic (exact) mass is 351 g/mol. The molecule has 0 aliphatic rings. The summed E-state index contributed by atoms with van der Waals surface area (Å²) in [5.74, 6) is 0.309. The number of nitrogen functional groups attached to an aromatic ring is 1. The molecule has 1 heterocycles. The second-order valence-electron chi connectivity index (χ2n) is 8.21. The van der Waals surface area contributed by atoms with E-state index in [4.69, 9.17) is 5.73 Å². The topological polar surface area (TPSA) is 51.8 Å². The third-order valence-corrected chi connectivity index (χ3v) is 5.44. The van der Waals surface area contributed by atoms with Crippen LogP contribution in [0.2, 0.25) is 0 Å². The van der Waals surface area contributed by atoms with Gasteiger partial charge in [0.15, 0.2) is 0 Å². The Bertz CT molecular complexity index is 1360. The second kappa shape index (κ2) is 5.40. The molecule has 0 radical (unpaired) electrons. The van der Waals surface area contributed by atoms with Crippen molar-refractivity contribution in [1.82, 2.24) is 9.97 Å². The van der Waals surface area contributed by atoms with Crippen molar-refractivity contribution in [3.63, 3.8) is 0 Å². The molecule has 27 heavy (non-hydrogen) atoms. The van der Waals surface area contributed by atoms with E-state index in [2.05, 4.69) is 85.3 Å². The lowest BCUT2D eigenvalue weighted by Crippen LogP contribution is -2.10. The first kappa shape index (κ1) is 16.0. The molecule has 0 spiro atoms. The van der Waals surface area contributed by atoms with E-state index in [1.54, 1.807) is 0 Å². The van der Waals surface area contributed by atoms with E-state index in [0.717, 1.165) is 16.3 Å².